The van der Waals surface area contributed by atoms with Gasteiger partial charge in [-0.2, -0.15) is 5.26 Å². The number of halogens is 1. The van der Waals surface area contributed by atoms with Crippen molar-refractivity contribution in [1.82, 2.24) is 19.7 Å². The number of anilines is 1. The van der Waals surface area contributed by atoms with Crippen molar-refractivity contribution in [3.05, 3.63) is 34.5 Å². The maximum absolute atomic E-state index is 8.84. The van der Waals surface area contributed by atoms with E-state index >= 15 is 0 Å². The van der Waals surface area contributed by atoms with Gasteiger partial charge in [-0.3, -0.25) is 0 Å². The normalized spacial score (nSPS) is 10.2. The number of nitrogens with one attached hydrogen (secondary N) is 1. The van der Waals surface area contributed by atoms with Crippen LogP contribution in [0.15, 0.2) is 12.1 Å². The first-order valence-electron chi connectivity index (χ1n) is 5.77. The zero-order chi connectivity index (χ0) is 13.8. The highest BCUT2D eigenvalue weighted by atomic mass is 35.5. The van der Waals surface area contributed by atoms with Crippen molar-refractivity contribution >= 4 is 17.4 Å². The van der Waals surface area contributed by atoms with Crippen LogP contribution < -0.4 is 5.32 Å². The van der Waals surface area contributed by atoms with Crippen molar-refractivity contribution in [3.63, 3.8) is 0 Å². The molecule has 7 heteroatoms. The lowest BCUT2D eigenvalue weighted by atomic mass is 10.3. The summed E-state index contributed by atoms with van der Waals surface area (Å²) >= 11 is 5.82. The molecule has 0 aromatic carbocycles. The van der Waals surface area contributed by atoms with E-state index in [1.807, 2.05) is 24.6 Å². The van der Waals surface area contributed by atoms with Gasteiger partial charge in [0.05, 0.1) is 5.02 Å². The van der Waals surface area contributed by atoms with Crippen molar-refractivity contribution in [3.8, 4) is 6.07 Å². The average Bonchev–Trinajstić information content (AvgIpc) is 2.72. The SMILES string of the molecule is Cc1nnc(CCNc2ccc(Cl)c(C#N)n2)n1C. The quantitative estimate of drug-likeness (QED) is 0.919. The molecule has 98 valence electrons. The van der Waals surface area contributed by atoms with E-state index in [0.29, 0.717) is 17.4 Å². The van der Waals surface area contributed by atoms with E-state index in [-0.39, 0.29) is 5.69 Å². The first kappa shape index (κ1) is 13.3. The average molecular weight is 277 g/mol. The number of nitriles is 1. The standard InChI is InChI=1S/C12H13ClN6/c1-8-17-18-12(19(8)2)5-6-15-11-4-3-9(13)10(7-14)16-11/h3-4H,5-6H2,1-2H3,(H,15,16). The van der Waals surface area contributed by atoms with Crippen LogP contribution in [0.5, 0.6) is 0 Å². The van der Waals surface area contributed by atoms with E-state index in [0.717, 1.165) is 18.1 Å². The highest BCUT2D eigenvalue weighted by Gasteiger charge is 2.05. The lowest BCUT2D eigenvalue weighted by molar-refractivity contribution is 0.770. The molecule has 2 aromatic heterocycles. The highest BCUT2D eigenvalue weighted by Crippen LogP contribution is 2.15. The van der Waals surface area contributed by atoms with E-state index in [1.165, 1.54) is 0 Å². The Morgan fingerprint density at radius 2 is 2.21 bits per heavy atom. The van der Waals surface area contributed by atoms with Crippen LogP contribution in [0, 0.1) is 18.3 Å². The Morgan fingerprint density at radius 3 is 2.84 bits per heavy atom. The molecular formula is C12H13ClN6. The molecule has 1 N–H and O–H groups in total. The molecule has 0 aliphatic carbocycles. The molecule has 0 aliphatic rings. The summed E-state index contributed by atoms with van der Waals surface area (Å²) in [5.41, 5.74) is 0.223. The second-order valence-corrected chi connectivity index (χ2v) is 4.45. The van der Waals surface area contributed by atoms with Gasteiger partial charge in [0.1, 0.15) is 23.5 Å². The second kappa shape index (κ2) is 5.67. The van der Waals surface area contributed by atoms with Crippen molar-refractivity contribution in [2.75, 3.05) is 11.9 Å². The van der Waals surface area contributed by atoms with Gasteiger partial charge in [0.25, 0.3) is 0 Å². The van der Waals surface area contributed by atoms with Gasteiger partial charge in [-0.25, -0.2) is 4.98 Å². The zero-order valence-corrected chi connectivity index (χ0v) is 11.4. The van der Waals surface area contributed by atoms with Gasteiger partial charge in [0, 0.05) is 20.0 Å². The topological polar surface area (TPSA) is 79.4 Å². The van der Waals surface area contributed by atoms with E-state index < -0.39 is 0 Å². The van der Waals surface area contributed by atoms with Crippen molar-refractivity contribution < 1.29 is 0 Å². The number of aryl methyl sites for hydroxylation is 1. The van der Waals surface area contributed by atoms with Crippen LogP contribution in [0.2, 0.25) is 5.02 Å². The van der Waals surface area contributed by atoms with Gasteiger partial charge >= 0.3 is 0 Å². The molecule has 0 bridgehead atoms. The van der Waals surface area contributed by atoms with E-state index in [2.05, 4.69) is 20.5 Å². The van der Waals surface area contributed by atoms with Crippen LogP contribution in [0.1, 0.15) is 17.3 Å². The van der Waals surface area contributed by atoms with Gasteiger partial charge < -0.3 is 9.88 Å². The molecule has 0 atom stereocenters. The molecule has 2 rings (SSSR count). The first-order chi connectivity index (χ1) is 9.11. The molecule has 2 aromatic rings. The summed E-state index contributed by atoms with van der Waals surface area (Å²) in [7, 11) is 1.93. The van der Waals surface area contributed by atoms with Gasteiger partial charge in [-0.1, -0.05) is 11.6 Å². The summed E-state index contributed by atoms with van der Waals surface area (Å²) in [6.07, 6.45) is 0.726. The Kier molecular flexibility index (Phi) is 3.97. The molecule has 0 unspecified atom stereocenters. The summed E-state index contributed by atoms with van der Waals surface area (Å²) < 4.78 is 1.94. The maximum atomic E-state index is 8.84. The summed E-state index contributed by atoms with van der Waals surface area (Å²) in [6.45, 7) is 2.56. The molecule has 6 nitrogen and oxygen atoms in total. The van der Waals surface area contributed by atoms with Crippen molar-refractivity contribution in [2.24, 2.45) is 7.05 Å². The fraction of sp³-hybridized carbons (Fsp3) is 0.333. The minimum atomic E-state index is 0.223. The molecule has 0 fully saturated rings. The summed E-state index contributed by atoms with van der Waals surface area (Å²) in [6, 6.07) is 5.34. The number of rotatable bonds is 4. The Morgan fingerprint density at radius 1 is 1.42 bits per heavy atom. The minimum Gasteiger partial charge on any atom is -0.370 e. The smallest absolute Gasteiger partial charge is 0.161 e. The van der Waals surface area contributed by atoms with Crippen molar-refractivity contribution in [2.45, 2.75) is 13.3 Å². The molecular weight excluding hydrogens is 264 g/mol. The summed E-state index contributed by atoms with van der Waals surface area (Å²) in [5, 5.41) is 20.4. The molecule has 0 spiro atoms. The molecule has 0 aliphatic heterocycles. The zero-order valence-electron chi connectivity index (χ0n) is 10.7. The van der Waals surface area contributed by atoms with Crippen LogP contribution in [-0.2, 0) is 13.5 Å². The van der Waals surface area contributed by atoms with Crippen molar-refractivity contribution in [1.29, 1.82) is 5.26 Å². The highest BCUT2D eigenvalue weighted by molar-refractivity contribution is 6.31. The Balaban J connectivity index is 1.96. The van der Waals surface area contributed by atoms with Crippen LogP contribution in [0.25, 0.3) is 0 Å². The third kappa shape index (κ3) is 3.01. The number of nitrogens with zero attached hydrogens (tertiary/aromatic N) is 5. The number of hydrogen-bond donors (Lipinski definition) is 1. The number of hydrogen-bond acceptors (Lipinski definition) is 5. The third-order valence-electron chi connectivity index (χ3n) is 2.79. The number of pyridine rings is 1. The molecule has 0 saturated carbocycles. The van der Waals surface area contributed by atoms with E-state index in [4.69, 9.17) is 16.9 Å². The van der Waals surface area contributed by atoms with E-state index in [1.54, 1.807) is 12.1 Å². The van der Waals surface area contributed by atoms with E-state index in [9.17, 15) is 0 Å². The molecule has 0 amide bonds. The lowest BCUT2D eigenvalue weighted by Crippen LogP contribution is -2.10. The fourth-order valence-electron chi connectivity index (χ4n) is 1.59. The Bertz CT molecular complexity index is 628. The summed E-state index contributed by atoms with van der Waals surface area (Å²) in [5.74, 6) is 2.41. The van der Waals surface area contributed by atoms with Gasteiger partial charge in [-0.05, 0) is 19.1 Å². The monoisotopic (exact) mass is 276 g/mol. The van der Waals surface area contributed by atoms with Crippen LogP contribution >= 0.6 is 11.6 Å². The first-order valence-corrected chi connectivity index (χ1v) is 6.15. The summed E-state index contributed by atoms with van der Waals surface area (Å²) in [4.78, 5) is 4.10. The van der Waals surface area contributed by atoms with Crippen LogP contribution in [0.4, 0.5) is 5.82 Å². The predicted octanol–water partition coefficient (Wildman–Crippen LogP) is 1.70. The predicted molar refractivity (Wildman–Crippen MR) is 71.9 cm³/mol. The molecule has 2 heterocycles. The number of aromatic nitrogens is 4. The third-order valence-corrected chi connectivity index (χ3v) is 3.09. The molecule has 19 heavy (non-hydrogen) atoms. The second-order valence-electron chi connectivity index (χ2n) is 4.04. The minimum absolute atomic E-state index is 0.223. The molecule has 0 radical (unpaired) electrons. The molecule has 0 saturated heterocycles. The van der Waals surface area contributed by atoms with Crippen LogP contribution in [-0.4, -0.2) is 26.3 Å². The maximum Gasteiger partial charge on any atom is 0.161 e. The van der Waals surface area contributed by atoms with Gasteiger partial charge in [0.2, 0.25) is 0 Å². The largest absolute Gasteiger partial charge is 0.370 e. The lowest BCUT2D eigenvalue weighted by Gasteiger charge is -2.06. The van der Waals surface area contributed by atoms with Gasteiger partial charge in [0.15, 0.2) is 5.69 Å². The Labute approximate surface area is 116 Å². The fourth-order valence-corrected chi connectivity index (χ4v) is 1.74. The Hall–Kier alpha value is -2.13. The van der Waals surface area contributed by atoms with Crippen LogP contribution in [0.3, 0.4) is 0 Å². The van der Waals surface area contributed by atoms with Gasteiger partial charge in [-0.15, -0.1) is 10.2 Å².